The highest BCUT2D eigenvalue weighted by Crippen LogP contribution is 2.34. The van der Waals surface area contributed by atoms with Crippen molar-refractivity contribution >= 4 is 5.82 Å². The van der Waals surface area contributed by atoms with E-state index in [9.17, 15) is 17.6 Å². The van der Waals surface area contributed by atoms with Crippen molar-refractivity contribution in [3.05, 3.63) is 35.2 Å². The summed E-state index contributed by atoms with van der Waals surface area (Å²) in [6.07, 6.45) is -2.51. The van der Waals surface area contributed by atoms with Gasteiger partial charge < -0.3 is 5.32 Å². The van der Waals surface area contributed by atoms with E-state index in [1.165, 1.54) is 16.8 Å². The fourth-order valence-electron chi connectivity index (χ4n) is 3.10. The number of aromatic nitrogens is 3. The molecule has 136 valence electrons. The van der Waals surface area contributed by atoms with Gasteiger partial charge in [-0.3, -0.25) is 0 Å². The summed E-state index contributed by atoms with van der Waals surface area (Å²) >= 11 is 0. The number of rotatable bonds is 4. The predicted molar refractivity (Wildman–Crippen MR) is 86.6 cm³/mol. The molecule has 0 aromatic carbocycles. The first-order valence-corrected chi connectivity index (χ1v) is 8.22. The Morgan fingerprint density at radius 2 is 1.84 bits per heavy atom. The lowest BCUT2D eigenvalue weighted by Crippen LogP contribution is -2.32. The summed E-state index contributed by atoms with van der Waals surface area (Å²) in [5, 5.41) is 7.30. The van der Waals surface area contributed by atoms with E-state index in [2.05, 4.69) is 15.4 Å². The number of hydrogen-bond donors (Lipinski definition) is 1. The van der Waals surface area contributed by atoms with E-state index in [1.54, 1.807) is 0 Å². The highest BCUT2D eigenvalue weighted by molar-refractivity contribution is 5.45. The van der Waals surface area contributed by atoms with Gasteiger partial charge in [0, 0.05) is 30.1 Å². The zero-order valence-electron chi connectivity index (χ0n) is 14.1. The molecule has 0 bridgehead atoms. The standard InChI is InChI=1S/C17H20F4N4/c1-10-7-11(2)25(24-10)15-9-12(16(18)19)8-14(23-15)22-13-3-5-17(20,21)6-4-13/h7-9,13,16H,3-6H2,1-2H3,(H,22,23). The predicted octanol–water partition coefficient (Wildman–Crippen LogP) is 4.81. The Morgan fingerprint density at radius 3 is 2.40 bits per heavy atom. The van der Waals surface area contributed by atoms with Crippen LogP contribution in [-0.4, -0.2) is 26.7 Å². The molecule has 2 heterocycles. The molecule has 0 radical (unpaired) electrons. The van der Waals surface area contributed by atoms with Gasteiger partial charge in [-0.1, -0.05) is 0 Å². The minimum Gasteiger partial charge on any atom is -0.367 e. The molecule has 25 heavy (non-hydrogen) atoms. The molecule has 0 atom stereocenters. The summed E-state index contributed by atoms with van der Waals surface area (Å²) in [5.74, 6) is -2.09. The van der Waals surface area contributed by atoms with Gasteiger partial charge >= 0.3 is 0 Å². The van der Waals surface area contributed by atoms with E-state index in [0.717, 1.165) is 11.4 Å². The van der Waals surface area contributed by atoms with Crippen LogP contribution in [0.5, 0.6) is 0 Å². The Morgan fingerprint density at radius 1 is 1.16 bits per heavy atom. The van der Waals surface area contributed by atoms with Gasteiger partial charge in [0.05, 0.1) is 5.69 Å². The van der Waals surface area contributed by atoms with Crippen molar-refractivity contribution in [3.63, 3.8) is 0 Å². The van der Waals surface area contributed by atoms with Gasteiger partial charge in [-0.15, -0.1) is 0 Å². The normalized spacial score (nSPS) is 17.9. The lowest BCUT2D eigenvalue weighted by atomic mass is 9.92. The van der Waals surface area contributed by atoms with Gasteiger partial charge in [0.2, 0.25) is 5.92 Å². The van der Waals surface area contributed by atoms with Crippen LogP contribution >= 0.6 is 0 Å². The van der Waals surface area contributed by atoms with Crippen LogP contribution in [0.4, 0.5) is 23.4 Å². The molecular weight excluding hydrogens is 336 g/mol. The van der Waals surface area contributed by atoms with Crippen molar-refractivity contribution < 1.29 is 17.6 Å². The van der Waals surface area contributed by atoms with E-state index >= 15 is 0 Å². The fraction of sp³-hybridized carbons (Fsp3) is 0.529. The van der Waals surface area contributed by atoms with Gasteiger partial charge in [-0.2, -0.15) is 5.10 Å². The van der Waals surface area contributed by atoms with Crippen molar-refractivity contribution in [3.8, 4) is 5.82 Å². The minimum atomic E-state index is -2.66. The molecule has 3 rings (SSSR count). The SMILES string of the molecule is Cc1cc(C)n(-c2cc(C(F)F)cc(NC3CCC(F)(F)CC3)n2)n1. The van der Waals surface area contributed by atoms with Crippen LogP contribution in [0.2, 0.25) is 0 Å². The first-order chi connectivity index (χ1) is 11.7. The number of aryl methyl sites for hydroxylation is 2. The van der Waals surface area contributed by atoms with Crippen LogP contribution < -0.4 is 5.32 Å². The van der Waals surface area contributed by atoms with E-state index in [-0.39, 0.29) is 48.9 Å². The zero-order valence-corrected chi connectivity index (χ0v) is 14.1. The third-order valence-electron chi connectivity index (χ3n) is 4.38. The number of anilines is 1. The van der Waals surface area contributed by atoms with Crippen molar-refractivity contribution in [2.75, 3.05) is 5.32 Å². The minimum absolute atomic E-state index is 0.179. The van der Waals surface area contributed by atoms with Gasteiger partial charge in [0.1, 0.15) is 5.82 Å². The van der Waals surface area contributed by atoms with Crippen molar-refractivity contribution in [1.29, 1.82) is 0 Å². The van der Waals surface area contributed by atoms with E-state index in [4.69, 9.17) is 0 Å². The quantitative estimate of drug-likeness (QED) is 0.800. The summed E-state index contributed by atoms with van der Waals surface area (Å²) in [5.41, 5.74) is 1.35. The molecule has 0 aliphatic heterocycles. The lowest BCUT2D eigenvalue weighted by molar-refractivity contribution is -0.0361. The molecule has 1 N–H and O–H groups in total. The average molecular weight is 356 g/mol. The Labute approximate surface area is 143 Å². The molecule has 0 spiro atoms. The van der Waals surface area contributed by atoms with Gasteiger partial charge in [-0.05, 0) is 44.9 Å². The second kappa shape index (κ2) is 6.65. The summed E-state index contributed by atoms with van der Waals surface area (Å²) in [6, 6.07) is 4.19. The van der Waals surface area contributed by atoms with Crippen LogP contribution in [0, 0.1) is 13.8 Å². The highest BCUT2D eigenvalue weighted by Gasteiger charge is 2.35. The number of hydrogen-bond acceptors (Lipinski definition) is 3. The molecule has 0 unspecified atom stereocenters. The molecular formula is C17H20F4N4. The van der Waals surface area contributed by atoms with Crippen LogP contribution in [0.3, 0.4) is 0 Å². The summed E-state index contributed by atoms with van der Waals surface area (Å²) in [7, 11) is 0. The topological polar surface area (TPSA) is 42.7 Å². The number of pyridine rings is 1. The Balaban J connectivity index is 1.87. The van der Waals surface area contributed by atoms with Crippen LogP contribution in [0.25, 0.3) is 5.82 Å². The van der Waals surface area contributed by atoms with E-state index in [0.29, 0.717) is 0 Å². The van der Waals surface area contributed by atoms with Gasteiger partial charge in [0.25, 0.3) is 6.43 Å². The molecule has 1 saturated carbocycles. The van der Waals surface area contributed by atoms with Crippen LogP contribution in [0.15, 0.2) is 18.2 Å². The summed E-state index contributed by atoms with van der Waals surface area (Å²) in [4.78, 5) is 4.36. The van der Waals surface area contributed by atoms with Crippen LogP contribution in [0.1, 0.15) is 49.1 Å². The first kappa shape index (κ1) is 17.7. The Hall–Kier alpha value is -2.12. The first-order valence-electron chi connectivity index (χ1n) is 8.22. The second-order valence-corrected chi connectivity index (χ2v) is 6.56. The molecule has 1 fully saturated rings. The van der Waals surface area contributed by atoms with Crippen molar-refractivity contribution in [2.45, 2.75) is 57.9 Å². The van der Waals surface area contributed by atoms with Crippen molar-refractivity contribution in [2.24, 2.45) is 0 Å². The molecule has 0 saturated heterocycles. The lowest BCUT2D eigenvalue weighted by Gasteiger charge is -2.29. The number of alkyl halides is 4. The summed E-state index contributed by atoms with van der Waals surface area (Å²) < 4.78 is 54.5. The molecule has 8 heteroatoms. The third-order valence-corrected chi connectivity index (χ3v) is 4.38. The fourth-order valence-corrected chi connectivity index (χ4v) is 3.10. The smallest absolute Gasteiger partial charge is 0.264 e. The van der Waals surface area contributed by atoms with E-state index in [1.807, 2.05) is 19.9 Å². The largest absolute Gasteiger partial charge is 0.367 e. The summed E-state index contributed by atoms with van der Waals surface area (Å²) in [6.45, 7) is 3.62. The number of halogens is 4. The molecule has 4 nitrogen and oxygen atoms in total. The van der Waals surface area contributed by atoms with E-state index < -0.39 is 12.3 Å². The maximum atomic E-state index is 13.3. The van der Waals surface area contributed by atoms with Crippen molar-refractivity contribution in [1.82, 2.24) is 14.8 Å². The van der Waals surface area contributed by atoms with Gasteiger partial charge in [-0.25, -0.2) is 27.2 Å². The second-order valence-electron chi connectivity index (χ2n) is 6.56. The van der Waals surface area contributed by atoms with Crippen LogP contribution in [-0.2, 0) is 0 Å². The highest BCUT2D eigenvalue weighted by atomic mass is 19.3. The maximum absolute atomic E-state index is 13.3. The average Bonchev–Trinajstić information content (AvgIpc) is 2.88. The number of nitrogens with one attached hydrogen (secondary N) is 1. The Bertz CT molecular complexity index is 747. The van der Waals surface area contributed by atoms with Gasteiger partial charge in [0.15, 0.2) is 5.82 Å². The molecule has 1 aliphatic rings. The Kier molecular flexibility index (Phi) is 4.71. The molecule has 2 aromatic heterocycles. The monoisotopic (exact) mass is 356 g/mol. The third kappa shape index (κ3) is 4.11. The number of nitrogens with zero attached hydrogens (tertiary/aromatic N) is 3. The zero-order chi connectivity index (χ0) is 18.2. The maximum Gasteiger partial charge on any atom is 0.264 e. The molecule has 2 aromatic rings. The molecule has 0 amide bonds. The molecule has 1 aliphatic carbocycles.